The minimum atomic E-state index is -3.02. The highest BCUT2D eigenvalue weighted by Crippen LogP contribution is 2.26. The van der Waals surface area contributed by atoms with Gasteiger partial charge in [-0.05, 0) is 24.1 Å². The van der Waals surface area contributed by atoms with E-state index in [4.69, 9.17) is 11.6 Å². The highest BCUT2D eigenvalue weighted by Gasteiger charge is 2.21. The molecule has 0 saturated carbocycles. The first-order chi connectivity index (χ1) is 6.45. The molecule has 0 fully saturated rings. The standard InChI is InChI=1S/C8H5ClF3NO/c1-3-4(6(9)14)2-13-8(12)5(3)7(10)11/h2,7H,1H3. The van der Waals surface area contributed by atoms with Crippen LogP contribution in [-0.2, 0) is 0 Å². The molecule has 76 valence electrons. The molecule has 0 radical (unpaired) electrons. The largest absolute Gasteiger partial charge is 0.276 e. The summed E-state index contributed by atoms with van der Waals surface area (Å²) in [7, 11) is 0. The van der Waals surface area contributed by atoms with Crippen LogP contribution in [0.4, 0.5) is 13.2 Å². The zero-order chi connectivity index (χ0) is 10.9. The number of hydrogen-bond acceptors (Lipinski definition) is 2. The minimum absolute atomic E-state index is 0.174. The first-order valence-corrected chi connectivity index (χ1v) is 3.96. The van der Waals surface area contributed by atoms with Crippen LogP contribution in [0.15, 0.2) is 6.20 Å². The van der Waals surface area contributed by atoms with Crippen LogP contribution in [0.25, 0.3) is 0 Å². The maximum Gasteiger partial charge on any atom is 0.268 e. The molecule has 0 aliphatic heterocycles. The number of nitrogens with zero attached hydrogens (tertiary/aromatic N) is 1. The Hall–Kier alpha value is -1.10. The third kappa shape index (κ3) is 1.87. The van der Waals surface area contributed by atoms with E-state index in [1.165, 1.54) is 6.92 Å². The average molecular weight is 224 g/mol. The summed E-state index contributed by atoms with van der Waals surface area (Å²) in [4.78, 5) is 13.7. The summed E-state index contributed by atoms with van der Waals surface area (Å²) >= 11 is 5.09. The smallest absolute Gasteiger partial charge is 0.268 e. The number of alkyl halides is 2. The van der Waals surface area contributed by atoms with E-state index >= 15 is 0 Å². The van der Waals surface area contributed by atoms with Gasteiger partial charge >= 0.3 is 0 Å². The Labute approximate surface area is 82.7 Å². The number of carbonyl (C=O) groups excluding carboxylic acids is 1. The SMILES string of the molecule is Cc1c(C(=O)Cl)cnc(F)c1C(F)F. The molecule has 0 unspecified atom stereocenters. The van der Waals surface area contributed by atoms with Crippen LogP contribution >= 0.6 is 11.6 Å². The summed E-state index contributed by atoms with van der Waals surface area (Å²) < 4.78 is 37.4. The lowest BCUT2D eigenvalue weighted by atomic mass is 10.1. The molecule has 0 aliphatic rings. The van der Waals surface area contributed by atoms with Crippen molar-refractivity contribution in [3.8, 4) is 0 Å². The van der Waals surface area contributed by atoms with Gasteiger partial charge in [-0.2, -0.15) is 4.39 Å². The quantitative estimate of drug-likeness (QED) is 0.570. The molecule has 1 rings (SSSR count). The number of aromatic nitrogens is 1. The lowest BCUT2D eigenvalue weighted by Crippen LogP contribution is -2.04. The molecular formula is C8H5ClF3NO. The Morgan fingerprint density at radius 2 is 2.14 bits per heavy atom. The first kappa shape index (κ1) is 11.0. The van der Waals surface area contributed by atoms with E-state index in [1.807, 2.05) is 0 Å². The number of hydrogen-bond donors (Lipinski definition) is 0. The number of carbonyl (C=O) groups is 1. The van der Waals surface area contributed by atoms with Crippen molar-refractivity contribution in [2.24, 2.45) is 0 Å². The van der Waals surface area contributed by atoms with Crippen LogP contribution in [-0.4, -0.2) is 10.2 Å². The lowest BCUT2D eigenvalue weighted by molar-refractivity contribution is 0.107. The molecule has 0 aliphatic carbocycles. The molecule has 1 aromatic rings. The van der Waals surface area contributed by atoms with Crippen LogP contribution in [0.2, 0.25) is 0 Å². The van der Waals surface area contributed by atoms with Gasteiger partial charge in [0.15, 0.2) is 0 Å². The van der Waals surface area contributed by atoms with Crippen LogP contribution in [0.1, 0.15) is 27.9 Å². The summed E-state index contributed by atoms with van der Waals surface area (Å²) in [5.41, 5.74) is -1.26. The van der Waals surface area contributed by atoms with Crippen LogP contribution < -0.4 is 0 Å². The van der Waals surface area contributed by atoms with Gasteiger partial charge in [0.2, 0.25) is 5.95 Å². The third-order valence-corrected chi connectivity index (χ3v) is 1.97. The van der Waals surface area contributed by atoms with Crippen LogP contribution in [0.3, 0.4) is 0 Å². The minimum Gasteiger partial charge on any atom is -0.276 e. The van der Waals surface area contributed by atoms with Crippen molar-refractivity contribution >= 4 is 16.8 Å². The Kier molecular flexibility index (Phi) is 3.10. The second-order valence-corrected chi connectivity index (χ2v) is 2.92. The van der Waals surface area contributed by atoms with Crippen molar-refractivity contribution < 1.29 is 18.0 Å². The van der Waals surface area contributed by atoms with Gasteiger partial charge in [0.05, 0.1) is 11.1 Å². The molecule has 0 saturated heterocycles. The zero-order valence-corrected chi connectivity index (χ0v) is 7.78. The predicted octanol–water partition coefficient (Wildman–Crippen LogP) is 2.85. The summed E-state index contributed by atoms with van der Waals surface area (Å²) in [6, 6.07) is 0. The molecular weight excluding hydrogens is 219 g/mol. The summed E-state index contributed by atoms with van der Waals surface area (Å²) in [5, 5.41) is -0.933. The Bertz CT molecular complexity index is 381. The van der Waals surface area contributed by atoms with Gasteiger partial charge in [-0.1, -0.05) is 0 Å². The van der Waals surface area contributed by atoms with Gasteiger partial charge in [-0.15, -0.1) is 0 Å². The monoisotopic (exact) mass is 223 g/mol. The highest BCUT2D eigenvalue weighted by atomic mass is 35.5. The van der Waals surface area contributed by atoms with Crippen molar-refractivity contribution in [2.45, 2.75) is 13.3 Å². The second-order valence-electron chi connectivity index (χ2n) is 2.58. The fraction of sp³-hybridized carbons (Fsp3) is 0.250. The molecule has 6 heteroatoms. The van der Waals surface area contributed by atoms with Crippen molar-refractivity contribution in [3.63, 3.8) is 0 Å². The molecule has 0 bridgehead atoms. The number of pyridine rings is 1. The molecule has 0 spiro atoms. The Balaban J connectivity index is 3.41. The maximum atomic E-state index is 12.8. The number of rotatable bonds is 2. The normalized spacial score (nSPS) is 10.7. The first-order valence-electron chi connectivity index (χ1n) is 3.58. The van der Waals surface area contributed by atoms with Gasteiger partial charge in [0, 0.05) is 6.20 Å². The topological polar surface area (TPSA) is 30.0 Å². The van der Waals surface area contributed by atoms with Gasteiger partial charge in [0.25, 0.3) is 11.7 Å². The highest BCUT2D eigenvalue weighted by molar-refractivity contribution is 6.67. The van der Waals surface area contributed by atoms with Crippen molar-refractivity contribution in [1.82, 2.24) is 4.98 Å². The molecule has 2 nitrogen and oxygen atoms in total. The van der Waals surface area contributed by atoms with Crippen LogP contribution in [0, 0.1) is 12.9 Å². The molecule has 0 N–H and O–H groups in total. The maximum absolute atomic E-state index is 12.8. The fourth-order valence-electron chi connectivity index (χ4n) is 1.04. The second kappa shape index (κ2) is 3.96. The summed E-state index contributed by atoms with van der Waals surface area (Å²) in [6.45, 7) is 1.20. The van der Waals surface area contributed by atoms with E-state index in [9.17, 15) is 18.0 Å². The fourth-order valence-corrected chi connectivity index (χ4v) is 1.23. The molecule has 0 amide bonds. The summed E-state index contributed by atoms with van der Waals surface area (Å²) in [5.74, 6) is -1.28. The summed E-state index contributed by atoms with van der Waals surface area (Å²) in [6.07, 6.45) is -2.18. The van der Waals surface area contributed by atoms with E-state index in [-0.39, 0.29) is 11.1 Å². The zero-order valence-electron chi connectivity index (χ0n) is 7.02. The van der Waals surface area contributed by atoms with Crippen molar-refractivity contribution in [2.75, 3.05) is 0 Å². The Morgan fingerprint density at radius 1 is 1.57 bits per heavy atom. The van der Waals surface area contributed by atoms with E-state index < -0.39 is 23.2 Å². The number of halogens is 4. The molecule has 1 heterocycles. The predicted molar refractivity (Wildman–Crippen MR) is 44.1 cm³/mol. The van der Waals surface area contributed by atoms with Gasteiger partial charge in [-0.25, -0.2) is 13.8 Å². The van der Waals surface area contributed by atoms with Gasteiger partial charge in [0.1, 0.15) is 0 Å². The van der Waals surface area contributed by atoms with Crippen LogP contribution in [0.5, 0.6) is 0 Å². The van der Waals surface area contributed by atoms with E-state index in [2.05, 4.69) is 4.98 Å². The molecule has 0 atom stereocenters. The lowest BCUT2D eigenvalue weighted by Gasteiger charge is -2.07. The van der Waals surface area contributed by atoms with E-state index in [0.29, 0.717) is 0 Å². The van der Waals surface area contributed by atoms with Crippen molar-refractivity contribution in [3.05, 3.63) is 28.8 Å². The van der Waals surface area contributed by atoms with Gasteiger partial charge < -0.3 is 0 Å². The van der Waals surface area contributed by atoms with Crippen molar-refractivity contribution in [1.29, 1.82) is 0 Å². The molecule has 1 aromatic heterocycles. The third-order valence-electron chi connectivity index (χ3n) is 1.77. The van der Waals surface area contributed by atoms with E-state index in [1.54, 1.807) is 0 Å². The van der Waals surface area contributed by atoms with Gasteiger partial charge in [-0.3, -0.25) is 4.79 Å². The average Bonchev–Trinajstić information content (AvgIpc) is 2.02. The van der Waals surface area contributed by atoms with E-state index in [0.717, 1.165) is 6.20 Å². The Morgan fingerprint density at radius 3 is 2.57 bits per heavy atom. The molecule has 0 aromatic carbocycles. The molecule has 14 heavy (non-hydrogen) atoms.